The quantitative estimate of drug-likeness (QED) is 0.868. The smallest absolute Gasteiger partial charge is 0.304 e. The van der Waals surface area contributed by atoms with E-state index in [1.54, 1.807) is 7.11 Å². The van der Waals surface area contributed by atoms with Gasteiger partial charge in [0.15, 0.2) is 0 Å². The molecule has 1 saturated heterocycles. The predicted molar refractivity (Wildman–Crippen MR) is 78.3 cm³/mol. The Balaban J connectivity index is 2.11. The van der Waals surface area contributed by atoms with E-state index in [9.17, 15) is 4.79 Å². The molecule has 1 N–H and O–H groups in total. The molecular formula is C16H23NO3. The third-order valence-electron chi connectivity index (χ3n) is 4.07. The van der Waals surface area contributed by atoms with Crippen LogP contribution in [-0.2, 0) is 11.2 Å². The van der Waals surface area contributed by atoms with Gasteiger partial charge in [-0.05, 0) is 62.5 Å². The Morgan fingerprint density at radius 3 is 2.65 bits per heavy atom. The summed E-state index contributed by atoms with van der Waals surface area (Å²) in [5.41, 5.74) is 2.38. The number of methoxy groups -OCH3 is 1. The summed E-state index contributed by atoms with van der Waals surface area (Å²) in [5, 5.41) is 9.13. The van der Waals surface area contributed by atoms with Crippen molar-refractivity contribution >= 4 is 5.97 Å². The van der Waals surface area contributed by atoms with Crippen molar-refractivity contribution in [3.8, 4) is 5.75 Å². The molecule has 20 heavy (non-hydrogen) atoms. The number of carbonyl (C=O) groups is 1. The summed E-state index contributed by atoms with van der Waals surface area (Å²) in [6.07, 6.45) is 3.36. The summed E-state index contributed by atoms with van der Waals surface area (Å²) in [5.74, 6) is 0.135. The minimum Gasteiger partial charge on any atom is -0.497 e. The lowest BCUT2D eigenvalue weighted by Gasteiger charge is -2.27. The van der Waals surface area contributed by atoms with E-state index in [1.807, 2.05) is 12.1 Å². The van der Waals surface area contributed by atoms with Crippen LogP contribution >= 0.6 is 0 Å². The maximum Gasteiger partial charge on any atom is 0.304 e. The molecule has 4 nitrogen and oxygen atoms in total. The van der Waals surface area contributed by atoms with Gasteiger partial charge in [0, 0.05) is 6.04 Å². The van der Waals surface area contributed by atoms with Gasteiger partial charge in [-0.15, -0.1) is 0 Å². The molecule has 1 heterocycles. The van der Waals surface area contributed by atoms with Gasteiger partial charge in [0.1, 0.15) is 5.75 Å². The van der Waals surface area contributed by atoms with E-state index in [1.165, 1.54) is 24.0 Å². The molecule has 1 aliphatic heterocycles. The monoisotopic (exact) mass is 277 g/mol. The summed E-state index contributed by atoms with van der Waals surface area (Å²) in [4.78, 5) is 13.4. The number of likely N-dealkylation sites (tertiary alicyclic amines) is 1. The molecule has 1 fully saturated rings. The zero-order chi connectivity index (χ0) is 14.5. The van der Waals surface area contributed by atoms with Crippen molar-refractivity contribution in [3.63, 3.8) is 0 Å². The van der Waals surface area contributed by atoms with Gasteiger partial charge in [0.05, 0.1) is 13.5 Å². The molecule has 1 unspecified atom stereocenters. The number of nitrogens with zero attached hydrogens (tertiary/aromatic N) is 1. The summed E-state index contributed by atoms with van der Waals surface area (Å²) in [7, 11) is 1.66. The largest absolute Gasteiger partial charge is 0.497 e. The van der Waals surface area contributed by atoms with E-state index in [2.05, 4.69) is 17.9 Å². The minimum absolute atomic E-state index is 0.0992. The molecule has 0 radical (unpaired) electrons. The van der Waals surface area contributed by atoms with Gasteiger partial charge in [-0.25, -0.2) is 0 Å². The molecule has 1 aromatic rings. The molecule has 0 aromatic heterocycles. The zero-order valence-electron chi connectivity index (χ0n) is 12.3. The number of carboxylic acids is 1. The second-order valence-electron chi connectivity index (χ2n) is 5.49. The molecule has 0 spiro atoms. The first-order valence-corrected chi connectivity index (χ1v) is 7.19. The van der Waals surface area contributed by atoms with Gasteiger partial charge in [-0.1, -0.05) is 6.07 Å². The number of aryl methyl sites for hydroxylation is 1. The van der Waals surface area contributed by atoms with Crippen molar-refractivity contribution in [2.75, 3.05) is 20.2 Å². The number of ether oxygens (including phenoxy) is 1. The first-order valence-electron chi connectivity index (χ1n) is 7.19. The maximum atomic E-state index is 11.1. The molecule has 0 saturated carbocycles. The predicted octanol–water partition coefficient (Wildman–Crippen LogP) is 2.49. The summed E-state index contributed by atoms with van der Waals surface area (Å²) < 4.78 is 5.21. The van der Waals surface area contributed by atoms with E-state index in [0.29, 0.717) is 0 Å². The topological polar surface area (TPSA) is 49.8 Å². The van der Waals surface area contributed by atoms with Crippen LogP contribution in [0.3, 0.4) is 0 Å². The van der Waals surface area contributed by atoms with Gasteiger partial charge in [-0.2, -0.15) is 0 Å². The van der Waals surface area contributed by atoms with Crippen molar-refractivity contribution in [2.24, 2.45) is 0 Å². The third kappa shape index (κ3) is 3.73. The van der Waals surface area contributed by atoms with Crippen LogP contribution < -0.4 is 4.74 Å². The lowest BCUT2D eigenvalue weighted by atomic mass is 9.98. The average molecular weight is 277 g/mol. The second-order valence-corrected chi connectivity index (χ2v) is 5.49. The van der Waals surface area contributed by atoms with Gasteiger partial charge < -0.3 is 9.84 Å². The van der Waals surface area contributed by atoms with Crippen molar-refractivity contribution in [1.29, 1.82) is 0 Å². The SMILES string of the molecule is COc1ccc(CC(CC(=O)O)N2CCCC2)c(C)c1. The highest BCUT2D eigenvalue weighted by Crippen LogP contribution is 2.22. The molecule has 0 aliphatic carbocycles. The molecule has 1 aliphatic rings. The van der Waals surface area contributed by atoms with Crippen molar-refractivity contribution in [2.45, 2.75) is 38.6 Å². The fraction of sp³-hybridized carbons (Fsp3) is 0.562. The number of hydrogen-bond donors (Lipinski definition) is 1. The van der Waals surface area contributed by atoms with E-state index in [0.717, 1.165) is 25.3 Å². The minimum atomic E-state index is -0.715. The Kier molecular flexibility index (Phi) is 5.01. The first kappa shape index (κ1) is 14.9. The van der Waals surface area contributed by atoms with E-state index in [4.69, 9.17) is 9.84 Å². The molecule has 0 bridgehead atoms. The number of carboxylic acid groups (broad SMARTS) is 1. The van der Waals surface area contributed by atoms with Crippen LogP contribution in [0.25, 0.3) is 0 Å². The fourth-order valence-corrected chi connectivity index (χ4v) is 2.92. The lowest BCUT2D eigenvalue weighted by Crippen LogP contribution is -2.36. The lowest BCUT2D eigenvalue weighted by molar-refractivity contribution is -0.138. The molecule has 110 valence electrons. The van der Waals surface area contributed by atoms with Gasteiger partial charge in [0.25, 0.3) is 0 Å². The van der Waals surface area contributed by atoms with Crippen LogP contribution in [0.5, 0.6) is 5.75 Å². The van der Waals surface area contributed by atoms with Crippen LogP contribution in [0.1, 0.15) is 30.4 Å². The Morgan fingerprint density at radius 2 is 2.10 bits per heavy atom. The Labute approximate surface area is 120 Å². The molecule has 0 amide bonds. The van der Waals surface area contributed by atoms with Gasteiger partial charge in [0.2, 0.25) is 0 Å². The fourth-order valence-electron chi connectivity index (χ4n) is 2.92. The molecule has 2 rings (SSSR count). The number of rotatable bonds is 6. The second kappa shape index (κ2) is 6.75. The third-order valence-corrected chi connectivity index (χ3v) is 4.07. The molecule has 1 aromatic carbocycles. The van der Waals surface area contributed by atoms with E-state index < -0.39 is 5.97 Å². The maximum absolute atomic E-state index is 11.1. The molecular weight excluding hydrogens is 254 g/mol. The Morgan fingerprint density at radius 1 is 1.40 bits per heavy atom. The number of hydrogen-bond acceptors (Lipinski definition) is 3. The number of aliphatic carboxylic acids is 1. The van der Waals surface area contributed by atoms with E-state index >= 15 is 0 Å². The molecule has 1 atom stereocenters. The van der Waals surface area contributed by atoms with Gasteiger partial charge in [-0.3, -0.25) is 9.69 Å². The van der Waals surface area contributed by atoms with Crippen LogP contribution in [0.2, 0.25) is 0 Å². The summed E-state index contributed by atoms with van der Waals surface area (Å²) in [6, 6.07) is 6.11. The molecule has 4 heteroatoms. The standard InChI is InChI=1S/C16H23NO3/c1-12-9-15(20-2)6-5-13(12)10-14(11-16(18)19)17-7-3-4-8-17/h5-6,9,14H,3-4,7-8,10-11H2,1-2H3,(H,18,19). The van der Waals surface area contributed by atoms with Crippen molar-refractivity contribution < 1.29 is 14.6 Å². The first-order chi connectivity index (χ1) is 9.60. The van der Waals surface area contributed by atoms with Crippen LogP contribution in [-0.4, -0.2) is 42.2 Å². The van der Waals surface area contributed by atoms with Crippen molar-refractivity contribution in [1.82, 2.24) is 4.90 Å². The average Bonchev–Trinajstić information content (AvgIpc) is 2.93. The van der Waals surface area contributed by atoms with E-state index in [-0.39, 0.29) is 12.5 Å². The Bertz CT molecular complexity index is 467. The summed E-state index contributed by atoms with van der Waals surface area (Å²) >= 11 is 0. The highest BCUT2D eigenvalue weighted by atomic mass is 16.5. The Hall–Kier alpha value is -1.55. The zero-order valence-corrected chi connectivity index (χ0v) is 12.3. The van der Waals surface area contributed by atoms with Crippen LogP contribution in [0.4, 0.5) is 0 Å². The van der Waals surface area contributed by atoms with Crippen LogP contribution in [0, 0.1) is 6.92 Å². The van der Waals surface area contributed by atoms with Crippen LogP contribution in [0.15, 0.2) is 18.2 Å². The summed E-state index contributed by atoms with van der Waals surface area (Å²) in [6.45, 7) is 4.10. The van der Waals surface area contributed by atoms with Gasteiger partial charge >= 0.3 is 5.97 Å². The normalized spacial score (nSPS) is 17.1. The highest BCUT2D eigenvalue weighted by Gasteiger charge is 2.24. The number of benzene rings is 1. The highest BCUT2D eigenvalue weighted by molar-refractivity contribution is 5.67. The van der Waals surface area contributed by atoms with Crippen molar-refractivity contribution in [3.05, 3.63) is 29.3 Å².